The molecule has 0 saturated heterocycles. The number of benzene rings is 2. The van der Waals surface area contributed by atoms with Gasteiger partial charge < -0.3 is 5.73 Å². The first kappa shape index (κ1) is 13.6. The summed E-state index contributed by atoms with van der Waals surface area (Å²) >= 11 is 6.11. The minimum Gasteiger partial charge on any atom is -0.382 e. The van der Waals surface area contributed by atoms with Gasteiger partial charge in [0.1, 0.15) is 11.5 Å². The van der Waals surface area contributed by atoms with Crippen molar-refractivity contribution in [1.29, 1.82) is 0 Å². The second-order valence-corrected chi connectivity index (χ2v) is 5.08. The lowest BCUT2D eigenvalue weighted by atomic mass is 10.1. The number of nitrogen functional groups attached to an aromatic ring is 1. The SMILES string of the molecule is Cc1ccc(-n2nnc(-c3ccc(F)cc3)c2N)cc1Cl. The van der Waals surface area contributed by atoms with Gasteiger partial charge in [0.15, 0.2) is 5.82 Å². The second kappa shape index (κ2) is 5.18. The van der Waals surface area contributed by atoms with Crippen molar-refractivity contribution < 1.29 is 4.39 Å². The van der Waals surface area contributed by atoms with Crippen LogP contribution in [0.4, 0.5) is 10.2 Å². The summed E-state index contributed by atoms with van der Waals surface area (Å²) in [4.78, 5) is 0. The molecule has 0 radical (unpaired) electrons. The van der Waals surface area contributed by atoms with E-state index in [-0.39, 0.29) is 5.82 Å². The number of nitrogens with two attached hydrogens (primary N) is 1. The fourth-order valence-corrected chi connectivity index (χ4v) is 2.18. The van der Waals surface area contributed by atoms with Crippen LogP contribution in [0, 0.1) is 12.7 Å². The molecule has 0 fully saturated rings. The lowest BCUT2D eigenvalue weighted by molar-refractivity contribution is 0.628. The predicted molar refractivity (Wildman–Crippen MR) is 80.9 cm³/mol. The molecule has 6 heteroatoms. The molecule has 4 nitrogen and oxygen atoms in total. The lowest BCUT2D eigenvalue weighted by Gasteiger charge is -2.05. The van der Waals surface area contributed by atoms with Crippen molar-refractivity contribution in [3.8, 4) is 16.9 Å². The molecular weight excluding hydrogens is 291 g/mol. The maximum atomic E-state index is 13.0. The van der Waals surface area contributed by atoms with E-state index in [1.165, 1.54) is 16.8 Å². The van der Waals surface area contributed by atoms with E-state index in [0.29, 0.717) is 22.1 Å². The molecule has 0 amide bonds. The summed E-state index contributed by atoms with van der Waals surface area (Å²) in [7, 11) is 0. The summed E-state index contributed by atoms with van der Waals surface area (Å²) in [6, 6.07) is 11.5. The second-order valence-electron chi connectivity index (χ2n) is 4.68. The van der Waals surface area contributed by atoms with Crippen molar-refractivity contribution in [2.24, 2.45) is 0 Å². The van der Waals surface area contributed by atoms with Crippen LogP contribution in [0.25, 0.3) is 16.9 Å². The maximum absolute atomic E-state index is 13.0. The molecule has 0 aliphatic rings. The number of hydrogen-bond acceptors (Lipinski definition) is 3. The molecule has 0 aliphatic heterocycles. The van der Waals surface area contributed by atoms with E-state index in [1.807, 2.05) is 19.1 Å². The van der Waals surface area contributed by atoms with E-state index in [4.69, 9.17) is 17.3 Å². The summed E-state index contributed by atoms with van der Waals surface area (Å²) < 4.78 is 14.5. The van der Waals surface area contributed by atoms with Gasteiger partial charge in [0.05, 0.1) is 5.69 Å². The van der Waals surface area contributed by atoms with Gasteiger partial charge in [-0.25, -0.2) is 4.39 Å². The molecule has 1 aromatic heterocycles. The van der Waals surface area contributed by atoms with Crippen LogP contribution in [0.5, 0.6) is 0 Å². The van der Waals surface area contributed by atoms with E-state index < -0.39 is 0 Å². The van der Waals surface area contributed by atoms with Crippen LogP contribution in [0.3, 0.4) is 0 Å². The molecular formula is C15H12ClFN4. The summed E-state index contributed by atoms with van der Waals surface area (Å²) in [5.41, 5.74) is 9.00. The number of aromatic nitrogens is 3. The number of aryl methyl sites for hydroxylation is 1. The van der Waals surface area contributed by atoms with E-state index in [1.54, 1.807) is 18.2 Å². The van der Waals surface area contributed by atoms with Gasteiger partial charge in [-0.15, -0.1) is 5.10 Å². The van der Waals surface area contributed by atoms with Crippen molar-refractivity contribution in [2.45, 2.75) is 6.92 Å². The zero-order valence-electron chi connectivity index (χ0n) is 11.2. The fourth-order valence-electron chi connectivity index (χ4n) is 2.01. The molecule has 21 heavy (non-hydrogen) atoms. The first-order valence-corrected chi connectivity index (χ1v) is 6.67. The summed E-state index contributed by atoms with van der Waals surface area (Å²) in [5.74, 6) is 0.0663. The normalized spacial score (nSPS) is 10.8. The average molecular weight is 303 g/mol. The number of nitrogens with zero attached hydrogens (tertiary/aromatic N) is 3. The van der Waals surface area contributed by atoms with Crippen LogP contribution in [0.15, 0.2) is 42.5 Å². The number of rotatable bonds is 2. The molecule has 3 rings (SSSR count). The van der Waals surface area contributed by atoms with E-state index in [2.05, 4.69) is 10.3 Å². The number of halogens is 2. The third kappa shape index (κ3) is 2.48. The van der Waals surface area contributed by atoms with Gasteiger partial charge in [0.2, 0.25) is 0 Å². The Balaban J connectivity index is 2.06. The Hall–Kier alpha value is -2.40. The Kier molecular flexibility index (Phi) is 3.35. The van der Waals surface area contributed by atoms with Gasteiger partial charge in [-0.05, 0) is 48.9 Å². The molecule has 0 spiro atoms. The van der Waals surface area contributed by atoms with Gasteiger partial charge in [-0.2, -0.15) is 4.68 Å². The largest absolute Gasteiger partial charge is 0.382 e. The average Bonchev–Trinajstić information content (AvgIpc) is 2.85. The van der Waals surface area contributed by atoms with Gasteiger partial charge in [-0.3, -0.25) is 0 Å². The smallest absolute Gasteiger partial charge is 0.155 e. The third-order valence-corrected chi connectivity index (χ3v) is 3.63. The molecule has 0 unspecified atom stereocenters. The van der Waals surface area contributed by atoms with Crippen molar-refractivity contribution in [1.82, 2.24) is 15.0 Å². The molecule has 2 aromatic carbocycles. The van der Waals surface area contributed by atoms with E-state index in [0.717, 1.165) is 11.3 Å². The van der Waals surface area contributed by atoms with Gasteiger partial charge in [-0.1, -0.05) is 22.9 Å². The fraction of sp³-hybridized carbons (Fsp3) is 0.0667. The van der Waals surface area contributed by atoms with Crippen LogP contribution in [0.2, 0.25) is 5.02 Å². The highest BCUT2D eigenvalue weighted by atomic mass is 35.5. The molecule has 1 heterocycles. The molecule has 0 aliphatic carbocycles. The highest BCUT2D eigenvalue weighted by Gasteiger charge is 2.13. The minimum absolute atomic E-state index is 0.310. The van der Waals surface area contributed by atoms with E-state index in [9.17, 15) is 4.39 Å². The van der Waals surface area contributed by atoms with Crippen LogP contribution >= 0.6 is 11.6 Å². The summed E-state index contributed by atoms with van der Waals surface area (Å²) in [6.45, 7) is 1.92. The number of anilines is 1. The first-order valence-electron chi connectivity index (χ1n) is 6.30. The Morgan fingerprint density at radius 2 is 1.86 bits per heavy atom. The molecule has 0 bridgehead atoms. The summed E-state index contributed by atoms with van der Waals surface area (Å²) in [5, 5.41) is 8.74. The highest BCUT2D eigenvalue weighted by Crippen LogP contribution is 2.27. The maximum Gasteiger partial charge on any atom is 0.155 e. The topological polar surface area (TPSA) is 56.7 Å². The Morgan fingerprint density at radius 3 is 2.52 bits per heavy atom. The minimum atomic E-state index is -0.310. The van der Waals surface area contributed by atoms with Crippen molar-refractivity contribution >= 4 is 17.4 Å². The quantitative estimate of drug-likeness (QED) is 0.786. The predicted octanol–water partition coefficient (Wildman–Crippen LogP) is 3.62. The molecule has 0 saturated carbocycles. The molecule has 106 valence electrons. The van der Waals surface area contributed by atoms with Crippen LogP contribution in [-0.2, 0) is 0 Å². The van der Waals surface area contributed by atoms with Crippen molar-refractivity contribution in [3.63, 3.8) is 0 Å². The zero-order valence-corrected chi connectivity index (χ0v) is 12.0. The zero-order chi connectivity index (χ0) is 15.0. The van der Waals surface area contributed by atoms with Crippen molar-refractivity contribution in [2.75, 3.05) is 5.73 Å². The van der Waals surface area contributed by atoms with Gasteiger partial charge in [0, 0.05) is 10.6 Å². The standard InChI is InChI=1S/C15H12ClFN4/c1-9-2-7-12(8-13(9)16)21-15(18)14(19-20-21)10-3-5-11(17)6-4-10/h2-8H,18H2,1H3. The van der Waals surface area contributed by atoms with Crippen molar-refractivity contribution in [3.05, 3.63) is 58.9 Å². The molecule has 2 N–H and O–H groups in total. The Morgan fingerprint density at radius 1 is 1.14 bits per heavy atom. The van der Waals surface area contributed by atoms with Gasteiger partial charge >= 0.3 is 0 Å². The van der Waals surface area contributed by atoms with Gasteiger partial charge in [0.25, 0.3) is 0 Å². The van der Waals surface area contributed by atoms with Crippen LogP contribution < -0.4 is 5.73 Å². The van der Waals surface area contributed by atoms with E-state index >= 15 is 0 Å². The Labute approximate surface area is 126 Å². The third-order valence-electron chi connectivity index (χ3n) is 3.22. The molecule has 0 atom stereocenters. The summed E-state index contributed by atoms with van der Waals surface area (Å²) in [6.07, 6.45) is 0. The highest BCUT2D eigenvalue weighted by molar-refractivity contribution is 6.31. The monoisotopic (exact) mass is 302 g/mol. The number of hydrogen-bond donors (Lipinski definition) is 1. The Bertz CT molecular complexity index is 796. The lowest BCUT2D eigenvalue weighted by Crippen LogP contribution is -2.02. The van der Waals surface area contributed by atoms with Crippen LogP contribution in [-0.4, -0.2) is 15.0 Å². The first-order chi connectivity index (χ1) is 10.1. The van der Waals surface area contributed by atoms with Crippen LogP contribution in [0.1, 0.15) is 5.56 Å². The molecule has 3 aromatic rings.